The monoisotopic (exact) mass is 1010 g/mol. The average molecular weight is 1010 g/mol. The van der Waals surface area contributed by atoms with E-state index in [0.29, 0.717) is 0 Å². The molecule has 0 spiro atoms. The van der Waals surface area contributed by atoms with Gasteiger partial charge in [0.25, 0.3) is 0 Å². The minimum Gasteiger partial charge on any atom is -0.333 e. The average Bonchev–Trinajstić information content (AvgIpc) is 3.63. The van der Waals surface area contributed by atoms with E-state index < -0.39 is 0 Å². The number of rotatable bonds is 10. The Bertz CT molecular complexity index is 4120. The number of allylic oxidation sites excluding steroid dienone is 2. The highest BCUT2D eigenvalue weighted by atomic mass is 15.2. The number of nitrogens with zero attached hydrogens (tertiary/aromatic N) is 2. The molecular formula is C76H70N2. The number of aryl methyl sites for hydroxylation is 7. The third-order valence-electron chi connectivity index (χ3n) is 17.0. The molecule has 0 N–H and O–H groups in total. The van der Waals surface area contributed by atoms with Gasteiger partial charge in [-0.15, -0.1) is 0 Å². The predicted octanol–water partition coefficient (Wildman–Crippen LogP) is 21.5. The summed E-state index contributed by atoms with van der Waals surface area (Å²) in [5.41, 5.74) is 27.2. The van der Waals surface area contributed by atoms with Gasteiger partial charge in [0.1, 0.15) is 0 Å². The highest BCUT2D eigenvalue weighted by Gasteiger charge is 2.32. The van der Waals surface area contributed by atoms with Gasteiger partial charge >= 0.3 is 0 Å². The normalized spacial score (nSPS) is 13.8. The minimum atomic E-state index is -0.0273. The topological polar surface area (TPSA) is 6.48 Å². The molecule has 2 heteroatoms. The van der Waals surface area contributed by atoms with Crippen molar-refractivity contribution in [2.45, 2.75) is 94.0 Å². The highest BCUT2D eigenvalue weighted by molar-refractivity contribution is 6.29. The molecule has 0 fully saturated rings. The van der Waals surface area contributed by atoms with Crippen LogP contribution in [-0.2, 0) is 5.41 Å². The first-order chi connectivity index (χ1) is 37.6. The van der Waals surface area contributed by atoms with Crippen molar-refractivity contribution in [2.75, 3.05) is 9.80 Å². The maximum atomic E-state index is 2.75. The van der Waals surface area contributed by atoms with Gasteiger partial charge in [0, 0.05) is 33.2 Å². The first-order valence-electron chi connectivity index (χ1n) is 27.9. The Morgan fingerprint density at radius 3 is 1.37 bits per heavy atom. The minimum absolute atomic E-state index is 0.0124. The van der Waals surface area contributed by atoms with Gasteiger partial charge in [-0.1, -0.05) is 208 Å². The molecule has 1 aliphatic carbocycles. The first-order valence-corrected chi connectivity index (χ1v) is 27.9. The lowest BCUT2D eigenvalue weighted by molar-refractivity contribution is 0.591. The number of hydrogen-bond donors (Lipinski definition) is 0. The van der Waals surface area contributed by atoms with Crippen molar-refractivity contribution in [2.24, 2.45) is 0 Å². The third kappa shape index (κ3) is 8.88. The summed E-state index contributed by atoms with van der Waals surface area (Å²) < 4.78 is 0. The Labute approximate surface area is 463 Å². The summed E-state index contributed by atoms with van der Waals surface area (Å²) in [6.07, 6.45) is 5.58. The molecule has 78 heavy (non-hydrogen) atoms. The van der Waals surface area contributed by atoms with E-state index in [4.69, 9.17) is 0 Å². The molecule has 0 heterocycles. The molecule has 1 atom stereocenters. The van der Waals surface area contributed by atoms with Crippen molar-refractivity contribution in [1.29, 1.82) is 0 Å². The van der Waals surface area contributed by atoms with E-state index in [0.717, 1.165) is 23.5 Å². The molecule has 2 nitrogen and oxygen atoms in total. The quantitative estimate of drug-likeness (QED) is 0.126. The number of benzene rings is 11. The van der Waals surface area contributed by atoms with Gasteiger partial charge in [-0.2, -0.15) is 0 Å². The van der Waals surface area contributed by atoms with Gasteiger partial charge in [-0.05, 0) is 197 Å². The van der Waals surface area contributed by atoms with Crippen molar-refractivity contribution < 1.29 is 0 Å². The molecule has 0 radical (unpaired) electrons. The lowest BCUT2D eigenvalue weighted by Crippen LogP contribution is -2.34. The summed E-state index contributed by atoms with van der Waals surface area (Å²) in [6, 6.07) is 73.8. The van der Waals surface area contributed by atoms with Crippen LogP contribution in [0.4, 0.5) is 28.4 Å². The second-order valence-electron chi connectivity index (χ2n) is 23.4. The van der Waals surface area contributed by atoms with E-state index in [9.17, 15) is 0 Å². The van der Waals surface area contributed by atoms with E-state index in [1.54, 1.807) is 0 Å². The third-order valence-corrected chi connectivity index (χ3v) is 17.0. The maximum Gasteiger partial charge on any atom is 0.0592 e. The van der Waals surface area contributed by atoms with Crippen molar-refractivity contribution >= 4 is 66.3 Å². The van der Waals surface area contributed by atoms with Crippen LogP contribution in [0.3, 0.4) is 0 Å². The van der Waals surface area contributed by atoms with Crippen LogP contribution in [0.2, 0.25) is 0 Å². The Morgan fingerprint density at radius 1 is 0.359 bits per heavy atom. The lowest BCUT2D eigenvalue weighted by atomic mass is 9.82. The zero-order valence-electron chi connectivity index (χ0n) is 47.3. The van der Waals surface area contributed by atoms with E-state index in [-0.39, 0.29) is 11.5 Å². The molecule has 0 bridgehead atoms. The van der Waals surface area contributed by atoms with E-state index >= 15 is 0 Å². The Balaban J connectivity index is 1.23. The second kappa shape index (κ2) is 19.8. The van der Waals surface area contributed by atoms with Crippen LogP contribution in [0.15, 0.2) is 212 Å². The standard InChI is InChI=1S/C76H70N2/c1-47-28-32-57(55-24-14-12-15-25-55)42-66(47)77(68-44-61(34-30-49(68)3)72-51(5)20-18-21-52(72)6)70-46-71(65-39-37-60-41-63(76(9,10)11)40-59-36-38-64(70)75(65)74(59)60)78(67-43-58(33-29-48(67)2)56-26-16-13-17-27-56)69-45-62(35-31-50(69)4)73-53(7)22-19-23-54(73)8/h12-42,44-46,67H,43H2,1-11H3. The summed E-state index contributed by atoms with van der Waals surface area (Å²) in [5, 5.41) is 7.59. The summed E-state index contributed by atoms with van der Waals surface area (Å²) >= 11 is 0. The van der Waals surface area contributed by atoms with Gasteiger partial charge in [-0.3, -0.25) is 0 Å². The van der Waals surface area contributed by atoms with Crippen LogP contribution in [0.5, 0.6) is 0 Å². The molecule has 11 aromatic rings. The second-order valence-corrected chi connectivity index (χ2v) is 23.4. The van der Waals surface area contributed by atoms with Crippen molar-refractivity contribution in [3.05, 3.63) is 262 Å². The predicted molar refractivity (Wildman–Crippen MR) is 338 cm³/mol. The van der Waals surface area contributed by atoms with E-state index in [1.807, 2.05) is 0 Å². The zero-order chi connectivity index (χ0) is 54.1. The molecule has 12 rings (SSSR count). The van der Waals surface area contributed by atoms with Crippen LogP contribution in [-0.4, -0.2) is 6.04 Å². The summed E-state index contributed by atoms with van der Waals surface area (Å²) in [4.78, 5) is 5.37. The van der Waals surface area contributed by atoms with Crippen molar-refractivity contribution in [3.63, 3.8) is 0 Å². The molecule has 0 saturated heterocycles. The van der Waals surface area contributed by atoms with Gasteiger partial charge < -0.3 is 9.80 Å². The van der Waals surface area contributed by atoms with Crippen LogP contribution in [0.25, 0.3) is 71.3 Å². The lowest BCUT2D eigenvalue weighted by Gasteiger charge is -2.40. The van der Waals surface area contributed by atoms with Gasteiger partial charge in [-0.25, -0.2) is 0 Å². The fourth-order valence-corrected chi connectivity index (χ4v) is 12.7. The molecule has 384 valence electrons. The summed E-state index contributed by atoms with van der Waals surface area (Å²) in [7, 11) is 0. The maximum absolute atomic E-state index is 2.75. The molecule has 1 aliphatic rings. The highest BCUT2D eigenvalue weighted by Crippen LogP contribution is 2.53. The molecule has 0 aromatic heterocycles. The van der Waals surface area contributed by atoms with E-state index in [1.165, 1.54) is 138 Å². The van der Waals surface area contributed by atoms with Crippen molar-refractivity contribution in [3.8, 4) is 33.4 Å². The van der Waals surface area contributed by atoms with Crippen LogP contribution in [0, 0.1) is 48.5 Å². The first kappa shape index (κ1) is 50.4. The molecule has 0 aliphatic heterocycles. The summed E-state index contributed by atoms with van der Waals surface area (Å²) in [6.45, 7) is 25.2. The zero-order valence-corrected chi connectivity index (χ0v) is 47.3. The largest absolute Gasteiger partial charge is 0.333 e. The number of anilines is 5. The number of hydrogen-bond acceptors (Lipinski definition) is 2. The van der Waals surface area contributed by atoms with Crippen LogP contribution >= 0.6 is 0 Å². The Hall–Kier alpha value is -8.46. The van der Waals surface area contributed by atoms with E-state index in [2.05, 4.69) is 292 Å². The molecule has 1 unspecified atom stereocenters. The van der Waals surface area contributed by atoms with Gasteiger partial charge in [0.15, 0.2) is 0 Å². The fourth-order valence-electron chi connectivity index (χ4n) is 12.7. The molecule has 11 aromatic carbocycles. The smallest absolute Gasteiger partial charge is 0.0592 e. The SMILES string of the molecule is CC1=CC=C(c2ccccc2)CC1N(c1cc(-c2c(C)cccc2C)ccc1C)c1cc(N(c2cc(-c3ccccc3)ccc2C)c2cc(-c3c(C)cccc3C)ccc2C)c2ccc3cc(C(C)(C)C)cc4ccc1c2c34. The Kier molecular flexibility index (Phi) is 12.8. The fraction of sp³-hybridized carbons (Fsp3) is 0.184. The van der Waals surface area contributed by atoms with Gasteiger partial charge in [0.2, 0.25) is 0 Å². The van der Waals surface area contributed by atoms with Gasteiger partial charge in [0.05, 0.1) is 17.4 Å². The Morgan fingerprint density at radius 2 is 0.833 bits per heavy atom. The van der Waals surface area contributed by atoms with Crippen LogP contribution in [0.1, 0.15) is 84.2 Å². The molecular weight excluding hydrogens is 941 g/mol. The van der Waals surface area contributed by atoms with Crippen LogP contribution < -0.4 is 9.80 Å². The molecule has 0 amide bonds. The molecule has 0 saturated carbocycles. The van der Waals surface area contributed by atoms with Crippen molar-refractivity contribution in [1.82, 2.24) is 0 Å². The summed E-state index contributed by atoms with van der Waals surface area (Å²) in [5.74, 6) is 0.